The molecule has 4 aromatic rings. The van der Waals surface area contributed by atoms with Gasteiger partial charge in [-0.05, 0) is 68.6 Å². The van der Waals surface area contributed by atoms with Crippen LogP contribution in [0, 0.1) is 11.3 Å². The molecular weight excluding hydrogens is 404 g/mol. The molecule has 0 atom stereocenters. The lowest BCUT2D eigenvalue weighted by molar-refractivity contribution is 0.204. The first-order chi connectivity index (χ1) is 16.3. The van der Waals surface area contributed by atoms with Gasteiger partial charge in [-0.2, -0.15) is 5.26 Å². The molecule has 0 unspecified atom stereocenters. The molecule has 1 fully saturated rings. The molecule has 1 saturated heterocycles. The van der Waals surface area contributed by atoms with Crippen molar-refractivity contribution in [2.24, 2.45) is 0 Å². The van der Waals surface area contributed by atoms with Gasteiger partial charge in [0.05, 0.1) is 17.1 Å². The van der Waals surface area contributed by atoms with Gasteiger partial charge >= 0.3 is 0 Å². The lowest BCUT2D eigenvalue weighted by Crippen LogP contribution is -2.35. The van der Waals surface area contributed by atoms with E-state index >= 15 is 0 Å². The molecule has 33 heavy (non-hydrogen) atoms. The third-order valence-electron chi connectivity index (χ3n) is 7.13. The highest BCUT2D eigenvalue weighted by Crippen LogP contribution is 2.36. The van der Waals surface area contributed by atoms with Crippen LogP contribution < -0.4 is 0 Å². The topological polar surface area (TPSA) is 55.7 Å². The van der Waals surface area contributed by atoms with Crippen LogP contribution in [0.1, 0.15) is 48.6 Å². The molecule has 1 aromatic heterocycles. The van der Waals surface area contributed by atoms with Crippen LogP contribution in [0.25, 0.3) is 11.0 Å². The second-order valence-corrected chi connectivity index (χ2v) is 9.11. The average molecular weight is 435 g/mol. The first-order valence-corrected chi connectivity index (χ1v) is 12.0. The summed E-state index contributed by atoms with van der Waals surface area (Å²) in [6.07, 6.45) is 4.06. The summed E-state index contributed by atoms with van der Waals surface area (Å²) < 4.78 is 0. The van der Waals surface area contributed by atoms with E-state index in [2.05, 4.69) is 58.4 Å². The van der Waals surface area contributed by atoms with Crippen LogP contribution in [0.5, 0.6) is 0 Å². The SMILES string of the molecule is N#CC(CCCN1CCC(c2nc3ccccc3[nH]2)CC1)(c1ccccc1)c1ccccc1. The summed E-state index contributed by atoms with van der Waals surface area (Å²) in [6, 6.07) is 31.5. The van der Waals surface area contributed by atoms with Gasteiger partial charge in [0.25, 0.3) is 0 Å². The quantitative estimate of drug-likeness (QED) is 0.386. The van der Waals surface area contributed by atoms with E-state index in [1.54, 1.807) is 0 Å². The first kappa shape index (κ1) is 21.4. The number of imidazole rings is 1. The molecule has 4 nitrogen and oxygen atoms in total. The minimum Gasteiger partial charge on any atom is -0.342 e. The van der Waals surface area contributed by atoms with Crippen molar-refractivity contribution < 1.29 is 0 Å². The number of H-pyrrole nitrogens is 1. The molecule has 0 amide bonds. The van der Waals surface area contributed by atoms with E-state index < -0.39 is 5.41 Å². The molecule has 1 N–H and O–H groups in total. The predicted molar refractivity (Wildman–Crippen MR) is 133 cm³/mol. The Balaban J connectivity index is 1.22. The highest BCUT2D eigenvalue weighted by molar-refractivity contribution is 5.74. The largest absolute Gasteiger partial charge is 0.342 e. The zero-order valence-electron chi connectivity index (χ0n) is 19.0. The first-order valence-electron chi connectivity index (χ1n) is 12.0. The minimum absolute atomic E-state index is 0.500. The zero-order valence-corrected chi connectivity index (χ0v) is 19.0. The molecule has 1 aliphatic rings. The summed E-state index contributed by atoms with van der Waals surface area (Å²) in [5.74, 6) is 1.63. The normalized spacial score (nSPS) is 15.5. The fourth-order valence-corrected chi connectivity index (χ4v) is 5.25. The molecule has 166 valence electrons. The van der Waals surface area contributed by atoms with Crippen molar-refractivity contribution in [3.63, 3.8) is 0 Å². The van der Waals surface area contributed by atoms with E-state index in [1.807, 2.05) is 42.5 Å². The fraction of sp³-hybridized carbons (Fsp3) is 0.310. The Kier molecular flexibility index (Phi) is 6.24. The Morgan fingerprint density at radius 1 is 0.879 bits per heavy atom. The highest BCUT2D eigenvalue weighted by Gasteiger charge is 2.34. The van der Waals surface area contributed by atoms with Crippen LogP contribution in [0.4, 0.5) is 0 Å². The monoisotopic (exact) mass is 434 g/mol. The Morgan fingerprint density at radius 2 is 1.48 bits per heavy atom. The number of benzene rings is 3. The van der Waals surface area contributed by atoms with E-state index in [-0.39, 0.29) is 0 Å². The predicted octanol–water partition coefficient (Wildman–Crippen LogP) is 6.03. The van der Waals surface area contributed by atoms with Crippen molar-refractivity contribution in [2.45, 2.75) is 37.0 Å². The van der Waals surface area contributed by atoms with Crippen LogP contribution in [-0.4, -0.2) is 34.5 Å². The van der Waals surface area contributed by atoms with Crippen molar-refractivity contribution >= 4 is 11.0 Å². The molecule has 3 aromatic carbocycles. The summed E-state index contributed by atoms with van der Waals surface area (Å²) in [7, 11) is 0. The average Bonchev–Trinajstić information content (AvgIpc) is 3.33. The fourth-order valence-electron chi connectivity index (χ4n) is 5.25. The molecule has 0 saturated carbocycles. The van der Waals surface area contributed by atoms with E-state index in [0.29, 0.717) is 5.92 Å². The van der Waals surface area contributed by atoms with Crippen LogP contribution in [0.15, 0.2) is 84.9 Å². The van der Waals surface area contributed by atoms with Gasteiger partial charge in [-0.1, -0.05) is 72.8 Å². The summed E-state index contributed by atoms with van der Waals surface area (Å²) in [4.78, 5) is 10.9. The number of hydrogen-bond donors (Lipinski definition) is 1. The van der Waals surface area contributed by atoms with Crippen molar-refractivity contribution in [2.75, 3.05) is 19.6 Å². The molecule has 2 heterocycles. The molecule has 5 rings (SSSR count). The number of nitrogens with zero attached hydrogens (tertiary/aromatic N) is 3. The Hall–Kier alpha value is -3.42. The van der Waals surface area contributed by atoms with Gasteiger partial charge in [-0.15, -0.1) is 0 Å². The summed E-state index contributed by atoms with van der Waals surface area (Å²) in [6.45, 7) is 3.19. The van der Waals surface area contributed by atoms with E-state index in [9.17, 15) is 5.26 Å². The maximum atomic E-state index is 10.4. The number of likely N-dealkylation sites (tertiary alicyclic amines) is 1. The minimum atomic E-state index is -0.602. The van der Waals surface area contributed by atoms with Crippen LogP contribution >= 0.6 is 0 Å². The van der Waals surface area contributed by atoms with Crippen molar-refractivity contribution in [1.82, 2.24) is 14.9 Å². The van der Waals surface area contributed by atoms with Crippen molar-refractivity contribution in [3.8, 4) is 6.07 Å². The Bertz CT molecular complexity index is 1140. The van der Waals surface area contributed by atoms with Gasteiger partial charge < -0.3 is 9.88 Å². The number of aromatic amines is 1. The number of nitriles is 1. The smallest absolute Gasteiger partial charge is 0.110 e. The summed E-state index contributed by atoms with van der Waals surface area (Å²) >= 11 is 0. The Labute approximate surface area is 195 Å². The molecule has 0 bridgehead atoms. The number of hydrogen-bond acceptors (Lipinski definition) is 3. The van der Waals surface area contributed by atoms with E-state index in [1.165, 1.54) is 0 Å². The van der Waals surface area contributed by atoms with Crippen LogP contribution in [-0.2, 0) is 5.41 Å². The van der Waals surface area contributed by atoms with Gasteiger partial charge in [0.15, 0.2) is 0 Å². The maximum absolute atomic E-state index is 10.4. The van der Waals surface area contributed by atoms with Crippen molar-refractivity contribution in [3.05, 3.63) is 102 Å². The number of rotatable bonds is 7. The van der Waals surface area contributed by atoms with Gasteiger partial charge in [-0.25, -0.2) is 4.98 Å². The van der Waals surface area contributed by atoms with Gasteiger partial charge in [0.2, 0.25) is 0 Å². The molecular formula is C29H30N4. The number of para-hydroxylation sites is 2. The Morgan fingerprint density at radius 3 is 2.09 bits per heavy atom. The van der Waals surface area contributed by atoms with E-state index in [0.717, 1.165) is 73.3 Å². The number of piperidine rings is 1. The maximum Gasteiger partial charge on any atom is 0.110 e. The third kappa shape index (κ3) is 4.42. The summed E-state index contributed by atoms with van der Waals surface area (Å²) in [5, 5.41) is 10.4. The standard InChI is InChI=1S/C29H30N4/c30-22-29(24-10-3-1-4-11-24,25-12-5-2-6-13-25)18-9-19-33-20-16-23(17-21-33)28-31-26-14-7-8-15-27(26)32-28/h1-8,10-15,23H,9,16-21H2,(H,31,32). The lowest BCUT2D eigenvalue weighted by Gasteiger charge is -2.33. The number of nitrogens with one attached hydrogen (secondary N) is 1. The van der Waals surface area contributed by atoms with Gasteiger partial charge in [0, 0.05) is 5.92 Å². The van der Waals surface area contributed by atoms with Crippen LogP contribution in [0.3, 0.4) is 0 Å². The third-order valence-corrected chi connectivity index (χ3v) is 7.13. The summed E-state index contributed by atoms with van der Waals surface area (Å²) in [5.41, 5.74) is 3.76. The van der Waals surface area contributed by atoms with Gasteiger partial charge in [-0.3, -0.25) is 0 Å². The molecule has 0 aliphatic carbocycles. The molecule has 0 radical (unpaired) electrons. The second-order valence-electron chi connectivity index (χ2n) is 9.11. The number of aromatic nitrogens is 2. The number of fused-ring (bicyclic) bond motifs is 1. The zero-order chi connectivity index (χ0) is 22.5. The molecule has 0 spiro atoms. The molecule has 4 heteroatoms. The van der Waals surface area contributed by atoms with Gasteiger partial charge in [0.1, 0.15) is 11.2 Å². The van der Waals surface area contributed by atoms with E-state index in [4.69, 9.17) is 4.98 Å². The van der Waals surface area contributed by atoms with Crippen molar-refractivity contribution in [1.29, 1.82) is 5.26 Å². The lowest BCUT2D eigenvalue weighted by atomic mass is 9.72. The highest BCUT2D eigenvalue weighted by atomic mass is 15.1. The second kappa shape index (κ2) is 9.60. The molecule has 1 aliphatic heterocycles. The van der Waals surface area contributed by atoms with Crippen LogP contribution in [0.2, 0.25) is 0 Å².